The van der Waals surface area contributed by atoms with Gasteiger partial charge in [-0.1, -0.05) is 30.7 Å². The molecule has 1 fully saturated rings. The molecule has 98 valence electrons. The normalized spacial score (nSPS) is 23.4. The number of halogens is 1. The van der Waals surface area contributed by atoms with Gasteiger partial charge in [0.2, 0.25) is 5.91 Å². The zero-order chi connectivity index (χ0) is 13.1. The van der Waals surface area contributed by atoms with E-state index in [1.54, 1.807) is 17.0 Å². The maximum Gasteiger partial charge on any atom is 0.227 e. The molecule has 2 unspecified atom stereocenters. The van der Waals surface area contributed by atoms with Crippen molar-refractivity contribution in [1.82, 2.24) is 4.90 Å². The maximum absolute atomic E-state index is 12.2. The summed E-state index contributed by atoms with van der Waals surface area (Å²) >= 11 is 5.81. The lowest BCUT2D eigenvalue weighted by atomic mass is 10.0. The lowest BCUT2D eigenvalue weighted by molar-refractivity contribution is -0.132. The minimum atomic E-state index is -0.0233. The van der Waals surface area contributed by atoms with Crippen LogP contribution in [0.1, 0.15) is 18.9 Å². The SMILES string of the molecule is CC1CCN(C(=O)Cc2ccc(Cl)cc2)C1CO. The van der Waals surface area contributed by atoms with Crippen LogP contribution < -0.4 is 0 Å². The van der Waals surface area contributed by atoms with Crippen molar-refractivity contribution in [1.29, 1.82) is 0 Å². The molecule has 1 N–H and O–H groups in total. The zero-order valence-corrected chi connectivity index (χ0v) is 11.2. The maximum atomic E-state index is 12.2. The van der Waals surface area contributed by atoms with E-state index in [4.69, 9.17) is 11.6 Å². The molecule has 1 amide bonds. The molecule has 1 heterocycles. The molecule has 0 saturated carbocycles. The molecule has 2 atom stereocenters. The van der Waals surface area contributed by atoms with Crippen LogP contribution in [0.25, 0.3) is 0 Å². The van der Waals surface area contributed by atoms with Crippen molar-refractivity contribution in [3.05, 3.63) is 34.9 Å². The third-order valence-corrected chi connectivity index (χ3v) is 3.91. The van der Waals surface area contributed by atoms with Gasteiger partial charge in [-0.05, 0) is 30.0 Å². The molecule has 0 spiro atoms. The number of hydrogen-bond acceptors (Lipinski definition) is 2. The van der Waals surface area contributed by atoms with Crippen LogP contribution in [0.15, 0.2) is 24.3 Å². The number of aliphatic hydroxyl groups is 1. The van der Waals surface area contributed by atoms with Gasteiger partial charge in [0.05, 0.1) is 19.1 Å². The Morgan fingerprint density at radius 3 is 2.72 bits per heavy atom. The molecule has 2 rings (SSSR count). The number of rotatable bonds is 3. The summed E-state index contributed by atoms with van der Waals surface area (Å²) in [6, 6.07) is 7.30. The van der Waals surface area contributed by atoms with Gasteiger partial charge in [0, 0.05) is 11.6 Å². The van der Waals surface area contributed by atoms with Gasteiger partial charge in [-0.2, -0.15) is 0 Å². The van der Waals surface area contributed by atoms with E-state index < -0.39 is 0 Å². The predicted molar refractivity (Wildman–Crippen MR) is 71.5 cm³/mol. The molecule has 1 aromatic rings. The van der Waals surface area contributed by atoms with E-state index in [-0.39, 0.29) is 18.6 Å². The highest BCUT2D eigenvalue weighted by Crippen LogP contribution is 2.24. The Morgan fingerprint density at radius 2 is 2.11 bits per heavy atom. The van der Waals surface area contributed by atoms with E-state index >= 15 is 0 Å². The summed E-state index contributed by atoms with van der Waals surface area (Å²) in [6.07, 6.45) is 1.35. The molecule has 1 saturated heterocycles. The second-order valence-electron chi connectivity index (χ2n) is 4.91. The monoisotopic (exact) mass is 267 g/mol. The van der Waals surface area contributed by atoms with Crippen LogP contribution in [0.5, 0.6) is 0 Å². The molecule has 1 aromatic carbocycles. The van der Waals surface area contributed by atoms with Crippen LogP contribution >= 0.6 is 11.6 Å². The van der Waals surface area contributed by atoms with E-state index in [0.717, 1.165) is 18.5 Å². The summed E-state index contributed by atoms with van der Waals surface area (Å²) in [4.78, 5) is 14.0. The summed E-state index contributed by atoms with van der Waals surface area (Å²) < 4.78 is 0. The Balaban J connectivity index is 2.01. The van der Waals surface area contributed by atoms with Crippen LogP contribution in [-0.4, -0.2) is 35.1 Å². The number of carbonyl (C=O) groups excluding carboxylic acids is 1. The Labute approximate surface area is 112 Å². The predicted octanol–water partition coefficient (Wildman–Crippen LogP) is 2.11. The fourth-order valence-corrected chi connectivity index (χ4v) is 2.60. The molecule has 0 aliphatic carbocycles. The fourth-order valence-electron chi connectivity index (χ4n) is 2.47. The van der Waals surface area contributed by atoms with E-state index in [0.29, 0.717) is 17.4 Å². The molecule has 0 radical (unpaired) electrons. The third-order valence-electron chi connectivity index (χ3n) is 3.66. The van der Waals surface area contributed by atoms with Crippen molar-refractivity contribution in [3.63, 3.8) is 0 Å². The number of aliphatic hydroxyl groups excluding tert-OH is 1. The highest BCUT2D eigenvalue weighted by molar-refractivity contribution is 6.30. The quantitative estimate of drug-likeness (QED) is 0.911. The first-order chi connectivity index (χ1) is 8.61. The highest BCUT2D eigenvalue weighted by atomic mass is 35.5. The van der Waals surface area contributed by atoms with Gasteiger partial charge in [-0.15, -0.1) is 0 Å². The van der Waals surface area contributed by atoms with Crippen LogP contribution in [0.2, 0.25) is 5.02 Å². The van der Waals surface area contributed by atoms with Gasteiger partial charge >= 0.3 is 0 Å². The summed E-state index contributed by atoms with van der Waals surface area (Å²) in [7, 11) is 0. The highest BCUT2D eigenvalue weighted by Gasteiger charge is 2.33. The molecule has 1 aliphatic rings. The number of likely N-dealkylation sites (tertiary alicyclic amines) is 1. The fraction of sp³-hybridized carbons (Fsp3) is 0.500. The molecule has 4 heteroatoms. The van der Waals surface area contributed by atoms with Gasteiger partial charge in [-0.25, -0.2) is 0 Å². The lowest BCUT2D eigenvalue weighted by Crippen LogP contribution is -2.40. The molecular weight excluding hydrogens is 250 g/mol. The molecule has 1 aliphatic heterocycles. The topological polar surface area (TPSA) is 40.5 Å². The number of hydrogen-bond donors (Lipinski definition) is 1. The zero-order valence-electron chi connectivity index (χ0n) is 10.5. The van der Waals surface area contributed by atoms with Crippen LogP contribution in [0.3, 0.4) is 0 Å². The van der Waals surface area contributed by atoms with Crippen molar-refractivity contribution in [2.24, 2.45) is 5.92 Å². The number of carbonyl (C=O) groups is 1. The molecule has 0 aromatic heterocycles. The molecule has 18 heavy (non-hydrogen) atoms. The van der Waals surface area contributed by atoms with Crippen molar-refractivity contribution < 1.29 is 9.90 Å². The van der Waals surface area contributed by atoms with Gasteiger partial charge in [0.1, 0.15) is 0 Å². The van der Waals surface area contributed by atoms with Crippen molar-refractivity contribution in [2.45, 2.75) is 25.8 Å². The minimum Gasteiger partial charge on any atom is -0.394 e. The lowest BCUT2D eigenvalue weighted by Gasteiger charge is -2.25. The molecule has 0 bridgehead atoms. The Kier molecular flexibility index (Phi) is 4.25. The minimum absolute atomic E-state index is 0.0233. The Bertz CT molecular complexity index is 418. The number of amides is 1. The van der Waals surface area contributed by atoms with Gasteiger partial charge < -0.3 is 10.0 Å². The number of benzene rings is 1. The van der Waals surface area contributed by atoms with E-state index in [9.17, 15) is 9.90 Å². The average Bonchev–Trinajstić information content (AvgIpc) is 2.73. The third kappa shape index (κ3) is 2.85. The average molecular weight is 268 g/mol. The Morgan fingerprint density at radius 1 is 1.44 bits per heavy atom. The van der Waals surface area contributed by atoms with Gasteiger partial charge in [0.25, 0.3) is 0 Å². The summed E-state index contributed by atoms with van der Waals surface area (Å²) in [6.45, 7) is 2.88. The van der Waals surface area contributed by atoms with E-state index in [1.165, 1.54) is 0 Å². The van der Waals surface area contributed by atoms with Gasteiger partial charge in [-0.3, -0.25) is 4.79 Å². The second kappa shape index (κ2) is 5.72. The van der Waals surface area contributed by atoms with Crippen molar-refractivity contribution in [2.75, 3.05) is 13.2 Å². The van der Waals surface area contributed by atoms with Crippen LogP contribution in [0.4, 0.5) is 0 Å². The first kappa shape index (κ1) is 13.4. The summed E-state index contributed by atoms with van der Waals surface area (Å²) in [5.41, 5.74) is 0.959. The largest absolute Gasteiger partial charge is 0.394 e. The summed E-state index contributed by atoms with van der Waals surface area (Å²) in [5.74, 6) is 0.463. The first-order valence-electron chi connectivity index (χ1n) is 6.26. The van der Waals surface area contributed by atoms with E-state index in [2.05, 4.69) is 6.92 Å². The second-order valence-corrected chi connectivity index (χ2v) is 5.34. The summed E-state index contributed by atoms with van der Waals surface area (Å²) in [5, 5.41) is 10.0. The Hall–Kier alpha value is -1.06. The molecule has 3 nitrogen and oxygen atoms in total. The standard InChI is InChI=1S/C14H18ClNO2/c1-10-6-7-16(13(10)9-17)14(18)8-11-2-4-12(15)5-3-11/h2-5,10,13,17H,6-9H2,1H3. The smallest absolute Gasteiger partial charge is 0.227 e. The van der Waals surface area contributed by atoms with Crippen LogP contribution in [-0.2, 0) is 11.2 Å². The van der Waals surface area contributed by atoms with Crippen molar-refractivity contribution >= 4 is 17.5 Å². The van der Waals surface area contributed by atoms with Crippen molar-refractivity contribution in [3.8, 4) is 0 Å². The number of nitrogens with zero attached hydrogens (tertiary/aromatic N) is 1. The van der Waals surface area contributed by atoms with Gasteiger partial charge in [0.15, 0.2) is 0 Å². The van der Waals surface area contributed by atoms with Crippen LogP contribution in [0, 0.1) is 5.92 Å². The van der Waals surface area contributed by atoms with E-state index in [1.807, 2.05) is 12.1 Å². The molecular formula is C14H18ClNO2. The first-order valence-corrected chi connectivity index (χ1v) is 6.64.